The molecule has 5 heteroatoms. The Morgan fingerprint density at radius 2 is 1.76 bits per heavy atom. The molecule has 0 atom stereocenters. The Balaban J connectivity index is 2.84. The third-order valence-electron chi connectivity index (χ3n) is 3.85. The van der Waals surface area contributed by atoms with Crippen LogP contribution in [0.1, 0.15) is 44.4 Å². The first-order valence-electron chi connectivity index (χ1n) is 7.59. The topological polar surface area (TPSA) is 56.9 Å². The maximum atomic E-state index is 12.5. The first-order valence-corrected chi connectivity index (χ1v) is 7.59. The molecule has 0 bridgehead atoms. The molecule has 0 aliphatic carbocycles. The largest absolute Gasteiger partial charge is 0.332 e. The lowest BCUT2D eigenvalue weighted by Crippen LogP contribution is -2.37. The Bertz CT molecular complexity index is 772. The SMILES string of the molecule is CCCCc1cc(CCC)nc2c1c(=O)n(C)c(=O)n2C. The average molecular weight is 289 g/mol. The maximum absolute atomic E-state index is 12.5. The van der Waals surface area contributed by atoms with E-state index in [-0.39, 0.29) is 11.2 Å². The first kappa shape index (κ1) is 15.5. The Morgan fingerprint density at radius 1 is 1.05 bits per heavy atom. The van der Waals surface area contributed by atoms with Gasteiger partial charge in [-0.3, -0.25) is 13.9 Å². The Labute approximate surface area is 124 Å². The lowest BCUT2D eigenvalue weighted by molar-refractivity contribution is 0.701. The molecule has 0 saturated heterocycles. The van der Waals surface area contributed by atoms with Gasteiger partial charge < -0.3 is 0 Å². The van der Waals surface area contributed by atoms with Crippen molar-refractivity contribution >= 4 is 11.0 Å². The minimum Gasteiger partial charge on any atom is -0.280 e. The van der Waals surface area contributed by atoms with Crippen molar-refractivity contribution in [2.24, 2.45) is 14.1 Å². The number of pyridine rings is 1. The van der Waals surface area contributed by atoms with E-state index in [0.29, 0.717) is 11.0 Å². The predicted molar refractivity (Wildman–Crippen MR) is 84.8 cm³/mol. The first-order chi connectivity index (χ1) is 10.0. The summed E-state index contributed by atoms with van der Waals surface area (Å²) in [6, 6.07) is 2.04. The van der Waals surface area contributed by atoms with Crippen LogP contribution in [0.15, 0.2) is 15.7 Å². The lowest BCUT2D eigenvalue weighted by Gasteiger charge is -2.12. The van der Waals surface area contributed by atoms with Crippen molar-refractivity contribution in [3.05, 3.63) is 38.2 Å². The highest BCUT2D eigenvalue weighted by molar-refractivity contribution is 5.78. The number of hydrogen-bond acceptors (Lipinski definition) is 3. The van der Waals surface area contributed by atoms with Crippen LogP contribution in [0.5, 0.6) is 0 Å². The predicted octanol–water partition coefficient (Wildman–Crippen LogP) is 1.93. The van der Waals surface area contributed by atoms with Crippen LogP contribution in [0.4, 0.5) is 0 Å². The van der Waals surface area contributed by atoms with Crippen molar-refractivity contribution in [3.63, 3.8) is 0 Å². The van der Waals surface area contributed by atoms with Crippen LogP contribution in [0.3, 0.4) is 0 Å². The van der Waals surface area contributed by atoms with Crippen molar-refractivity contribution in [1.29, 1.82) is 0 Å². The summed E-state index contributed by atoms with van der Waals surface area (Å²) >= 11 is 0. The minimum atomic E-state index is -0.324. The van der Waals surface area contributed by atoms with Gasteiger partial charge in [0.15, 0.2) is 0 Å². The fourth-order valence-electron chi connectivity index (χ4n) is 2.64. The molecule has 2 aromatic rings. The van der Waals surface area contributed by atoms with E-state index in [2.05, 4.69) is 18.8 Å². The summed E-state index contributed by atoms with van der Waals surface area (Å²) in [5.74, 6) is 0. The molecule has 0 aromatic carbocycles. The van der Waals surface area contributed by atoms with Gasteiger partial charge in [-0.05, 0) is 30.9 Å². The molecule has 0 aliphatic heterocycles. The Morgan fingerprint density at radius 3 is 2.38 bits per heavy atom. The van der Waals surface area contributed by atoms with Gasteiger partial charge in [-0.1, -0.05) is 26.7 Å². The van der Waals surface area contributed by atoms with Crippen LogP contribution in [0.25, 0.3) is 11.0 Å². The molecule has 2 rings (SSSR count). The minimum absolute atomic E-state index is 0.241. The summed E-state index contributed by atoms with van der Waals surface area (Å²) in [6.07, 6.45) is 4.79. The number of fused-ring (bicyclic) bond motifs is 1. The van der Waals surface area contributed by atoms with Gasteiger partial charge in [0.25, 0.3) is 5.56 Å². The summed E-state index contributed by atoms with van der Waals surface area (Å²) in [5, 5.41) is 0.591. The molecule has 2 aromatic heterocycles. The quantitative estimate of drug-likeness (QED) is 0.845. The monoisotopic (exact) mass is 289 g/mol. The number of aromatic nitrogens is 3. The van der Waals surface area contributed by atoms with Crippen LogP contribution in [0, 0.1) is 0 Å². The molecule has 0 saturated carbocycles. The number of hydrogen-bond donors (Lipinski definition) is 0. The average Bonchev–Trinajstić information content (AvgIpc) is 2.48. The highest BCUT2D eigenvalue weighted by Crippen LogP contribution is 2.17. The molecule has 5 nitrogen and oxygen atoms in total. The number of unbranched alkanes of at least 4 members (excludes halogenated alkanes) is 1. The molecular formula is C16H23N3O2. The summed E-state index contributed by atoms with van der Waals surface area (Å²) < 4.78 is 2.64. The van der Waals surface area contributed by atoms with Gasteiger partial charge in [-0.15, -0.1) is 0 Å². The highest BCUT2D eigenvalue weighted by Gasteiger charge is 2.15. The zero-order valence-corrected chi connectivity index (χ0v) is 13.3. The molecule has 0 fully saturated rings. The van der Waals surface area contributed by atoms with E-state index < -0.39 is 0 Å². The van der Waals surface area contributed by atoms with Crippen LogP contribution < -0.4 is 11.2 Å². The summed E-state index contributed by atoms with van der Waals surface area (Å²) in [5.41, 5.74) is 1.92. The van der Waals surface area contributed by atoms with Crippen LogP contribution >= 0.6 is 0 Å². The molecule has 21 heavy (non-hydrogen) atoms. The smallest absolute Gasteiger partial charge is 0.280 e. The van der Waals surface area contributed by atoms with Crippen molar-refractivity contribution in [2.75, 3.05) is 0 Å². The van der Waals surface area contributed by atoms with Gasteiger partial charge in [-0.2, -0.15) is 0 Å². The molecule has 0 unspecified atom stereocenters. The number of nitrogens with zero attached hydrogens (tertiary/aromatic N) is 3. The van der Waals surface area contributed by atoms with Gasteiger partial charge >= 0.3 is 5.69 Å². The van der Waals surface area contributed by atoms with Crippen LogP contribution in [-0.2, 0) is 26.9 Å². The second-order valence-corrected chi connectivity index (χ2v) is 5.53. The van der Waals surface area contributed by atoms with E-state index in [4.69, 9.17) is 0 Å². The fourth-order valence-corrected chi connectivity index (χ4v) is 2.64. The van der Waals surface area contributed by atoms with E-state index >= 15 is 0 Å². The molecule has 0 amide bonds. The van der Waals surface area contributed by atoms with Crippen molar-refractivity contribution in [2.45, 2.75) is 46.0 Å². The zero-order chi connectivity index (χ0) is 15.6. The van der Waals surface area contributed by atoms with Gasteiger partial charge in [0, 0.05) is 19.8 Å². The Kier molecular flexibility index (Phi) is 4.60. The fraction of sp³-hybridized carbons (Fsp3) is 0.562. The van der Waals surface area contributed by atoms with E-state index in [9.17, 15) is 9.59 Å². The van der Waals surface area contributed by atoms with Gasteiger partial charge in [0.05, 0.1) is 5.39 Å². The molecular weight excluding hydrogens is 266 g/mol. The van der Waals surface area contributed by atoms with Crippen molar-refractivity contribution in [1.82, 2.24) is 14.1 Å². The highest BCUT2D eigenvalue weighted by atomic mass is 16.2. The molecule has 0 N–H and O–H groups in total. The summed E-state index contributed by atoms with van der Waals surface area (Å²) in [6.45, 7) is 4.23. The third kappa shape index (κ3) is 2.77. The second kappa shape index (κ2) is 6.24. The van der Waals surface area contributed by atoms with Gasteiger partial charge in [0.2, 0.25) is 0 Å². The van der Waals surface area contributed by atoms with E-state index in [0.717, 1.165) is 43.4 Å². The van der Waals surface area contributed by atoms with Crippen molar-refractivity contribution in [3.8, 4) is 0 Å². The lowest BCUT2D eigenvalue weighted by atomic mass is 10.0. The zero-order valence-electron chi connectivity index (χ0n) is 13.3. The van der Waals surface area contributed by atoms with E-state index in [1.807, 2.05) is 6.07 Å². The molecule has 114 valence electrons. The summed E-state index contributed by atoms with van der Waals surface area (Å²) in [7, 11) is 3.20. The summed E-state index contributed by atoms with van der Waals surface area (Å²) in [4.78, 5) is 29.1. The maximum Gasteiger partial charge on any atom is 0.332 e. The van der Waals surface area contributed by atoms with Crippen molar-refractivity contribution < 1.29 is 0 Å². The van der Waals surface area contributed by atoms with Gasteiger partial charge in [-0.25, -0.2) is 9.78 Å². The van der Waals surface area contributed by atoms with Crippen LogP contribution in [0.2, 0.25) is 0 Å². The van der Waals surface area contributed by atoms with E-state index in [1.165, 1.54) is 16.2 Å². The normalized spacial score (nSPS) is 11.2. The Hall–Kier alpha value is -1.91. The molecule has 0 radical (unpaired) electrons. The second-order valence-electron chi connectivity index (χ2n) is 5.53. The molecule has 2 heterocycles. The standard InChI is InChI=1S/C16H23N3O2/c1-5-7-9-11-10-12(8-6-2)17-14-13(11)15(20)19(4)16(21)18(14)3/h10H,5-9H2,1-4H3. The van der Waals surface area contributed by atoms with Gasteiger partial charge in [0.1, 0.15) is 5.65 Å². The molecule has 0 aliphatic rings. The number of rotatable bonds is 5. The molecule has 0 spiro atoms. The van der Waals surface area contributed by atoms with Crippen LogP contribution in [-0.4, -0.2) is 14.1 Å². The third-order valence-corrected chi connectivity index (χ3v) is 3.85. The number of aryl methyl sites for hydroxylation is 3. The van der Waals surface area contributed by atoms with E-state index in [1.54, 1.807) is 7.05 Å².